The van der Waals surface area contributed by atoms with Crippen molar-refractivity contribution in [3.63, 3.8) is 0 Å². The van der Waals surface area contributed by atoms with Crippen LogP contribution in [0.1, 0.15) is 82.1 Å². The SMILES string of the molecule is CCOC(=O)C[C@@H]1[C@H](CO[Si](c2ccccc2)(c2ccccc2)C(C)(C)C)[C@@H](O[Si](CC)(CC)CC)C[C@H]1O[Si](CC)(CC)CC. The molecule has 0 amide bonds. The van der Waals surface area contributed by atoms with Crippen LogP contribution >= 0.6 is 0 Å². The Labute approximate surface area is 284 Å². The summed E-state index contributed by atoms with van der Waals surface area (Å²) in [6.07, 6.45) is 1.12. The molecule has 46 heavy (non-hydrogen) atoms. The minimum Gasteiger partial charge on any atom is -0.466 e. The maximum absolute atomic E-state index is 13.3. The second-order valence-electron chi connectivity index (χ2n) is 14.3. The van der Waals surface area contributed by atoms with Gasteiger partial charge in [0.1, 0.15) is 0 Å². The molecular formula is C38H64O5Si3. The average molecular weight is 685 g/mol. The maximum atomic E-state index is 13.3. The lowest BCUT2D eigenvalue weighted by Gasteiger charge is -2.44. The molecule has 3 rings (SSSR count). The second kappa shape index (κ2) is 17.2. The van der Waals surface area contributed by atoms with E-state index in [4.69, 9.17) is 18.0 Å². The van der Waals surface area contributed by atoms with Crippen molar-refractivity contribution in [2.75, 3.05) is 13.2 Å². The first-order valence-corrected chi connectivity index (χ1v) is 25.2. The van der Waals surface area contributed by atoms with E-state index in [1.807, 2.05) is 6.92 Å². The second-order valence-corrected chi connectivity index (χ2v) is 28.1. The highest BCUT2D eigenvalue weighted by atomic mass is 28.4. The summed E-state index contributed by atoms with van der Waals surface area (Å²) in [7, 11) is -6.72. The number of rotatable bonds is 18. The smallest absolute Gasteiger partial charge is 0.306 e. The number of hydrogen-bond acceptors (Lipinski definition) is 5. The van der Waals surface area contributed by atoms with Gasteiger partial charge in [-0.15, -0.1) is 0 Å². The van der Waals surface area contributed by atoms with Crippen molar-refractivity contribution in [1.82, 2.24) is 0 Å². The van der Waals surface area contributed by atoms with Gasteiger partial charge in [-0.3, -0.25) is 4.79 Å². The number of benzene rings is 2. The van der Waals surface area contributed by atoms with Crippen LogP contribution in [-0.2, 0) is 22.8 Å². The van der Waals surface area contributed by atoms with Crippen molar-refractivity contribution in [2.45, 2.75) is 136 Å². The van der Waals surface area contributed by atoms with Crippen molar-refractivity contribution in [3.8, 4) is 0 Å². The molecule has 1 aliphatic carbocycles. The van der Waals surface area contributed by atoms with Crippen molar-refractivity contribution in [2.24, 2.45) is 11.8 Å². The van der Waals surface area contributed by atoms with Gasteiger partial charge >= 0.3 is 5.97 Å². The maximum Gasteiger partial charge on any atom is 0.306 e. The van der Waals surface area contributed by atoms with Crippen LogP contribution in [0, 0.1) is 11.8 Å². The van der Waals surface area contributed by atoms with Crippen LogP contribution in [0.3, 0.4) is 0 Å². The molecule has 0 radical (unpaired) electrons. The molecule has 5 nitrogen and oxygen atoms in total. The van der Waals surface area contributed by atoms with E-state index in [-0.39, 0.29) is 35.1 Å². The van der Waals surface area contributed by atoms with Gasteiger partial charge in [0.05, 0.1) is 25.2 Å². The largest absolute Gasteiger partial charge is 0.466 e. The van der Waals surface area contributed by atoms with Gasteiger partial charge in [-0.05, 0) is 65.0 Å². The molecule has 0 bridgehead atoms. The van der Waals surface area contributed by atoms with E-state index in [1.165, 1.54) is 10.4 Å². The van der Waals surface area contributed by atoms with Crippen molar-refractivity contribution in [3.05, 3.63) is 60.7 Å². The van der Waals surface area contributed by atoms with E-state index in [0.717, 1.165) is 42.7 Å². The van der Waals surface area contributed by atoms with Crippen LogP contribution in [-0.4, -0.2) is 56.3 Å². The Morgan fingerprint density at radius 2 is 1.09 bits per heavy atom. The molecule has 0 heterocycles. The molecular weight excluding hydrogens is 621 g/mol. The number of ether oxygens (including phenoxy) is 1. The zero-order valence-corrected chi connectivity index (χ0v) is 33.7. The van der Waals surface area contributed by atoms with E-state index in [2.05, 4.69) is 123 Å². The van der Waals surface area contributed by atoms with Crippen LogP contribution in [0.2, 0.25) is 41.3 Å². The lowest BCUT2D eigenvalue weighted by atomic mass is 9.91. The third kappa shape index (κ3) is 8.53. The van der Waals surface area contributed by atoms with E-state index in [0.29, 0.717) is 19.6 Å². The van der Waals surface area contributed by atoms with Crippen LogP contribution in [0.5, 0.6) is 0 Å². The van der Waals surface area contributed by atoms with Gasteiger partial charge in [-0.1, -0.05) is 123 Å². The summed E-state index contributed by atoms with van der Waals surface area (Å²) in [6, 6.07) is 28.2. The topological polar surface area (TPSA) is 54.0 Å². The summed E-state index contributed by atoms with van der Waals surface area (Å²) in [4.78, 5) is 13.3. The van der Waals surface area contributed by atoms with E-state index < -0.39 is 25.0 Å². The lowest BCUT2D eigenvalue weighted by molar-refractivity contribution is -0.145. The summed E-state index contributed by atoms with van der Waals surface area (Å²) in [6.45, 7) is 23.6. The molecule has 258 valence electrons. The number of esters is 1. The standard InChI is InChI=1S/C38H64O5Si3/c1-11-40-37(39)28-33-34(36(43-45(15-5,16-6)17-7)29-35(33)42-44(12-2,13-3)14-4)30-41-46(38(8,9)10,31-24-20-18-21-25-31)32-26-22-19-23-27-32/h18-27,33-36H,11-17,28-30H2,1-10H3/t33-,34+,35-,36+/m1/s1. The summed E-state index contributed by atoms with van der Waals surface area (Å²) < 4.78 is 27.9. The first kappa shape index (κ1) is 38.9. The van der Waals surface area contributed by atoms with Gasteiger partial charge in [0.25, 0.3) is 8.32 Å². The Bertz CT molecular complexity index is 1120. The van der Waals surface area contributed by atoms with Gasteiger partial charge in [0.2, 0.25) is 0 Å². The van der Waals surface area contributed by atoms with E-state index in [9.17, 15) is 4.79 Å². The number of carbonyl (C=O) groups is 1. The fraction of sp³-hybridized carbons (Fsp3) is 0.658. The number of hydrogen-bond donors (Lipinski definition) is 0. The van der Waals surface area contributed by atoms with Gasteiger partial charge in [0.15, 0.2) is 16.6 Å². The third-order valence-corrected chi connectivity index (χ3v) is 25.6. The Hall–Kier alpha value is -1.56. The number of carbonyl (C=O) groups excluding carboxylic acids is 1. The molecule has 0 aliphatic heterocycles. The summed E-state index contributed by atoms with van der Waals surface area (Å²) in [5, 5.41) is 2.40. The first-order chi connectivity index (χ1) is 21.9. The fourth-order valence-electron chi connectivity index (χ4n) is 7.95. The fourth-order valence-corrected chi connectivity index (χ4v) is 18.4. The average Bonchev–Trinajstić information content (AvgIpc) is 3.37. The summed E-state index contributed by atoms with van der Waals surface area (Å²) in [5.41, 5.74) is 0. The zero-order valence-electron chi connectivity index (χ0n) is 30.7. The van der Waals surface area contributed by atoms with Crippen LogP contribution in [0.4, 0.5) is 0 Å². The molecule has 0 unspecified atom stereocenters. The molecule has 0 saturated heterocycles. The zero-order chi connectivity index (χ0) is 34.0. The normalized spacial score (nSPS) is 21.0. The summed E-state index contributed by atoms with van der Waals surface area (Å²) in [5.74, 6) is -0.125. The molecule has 0 N–H and O–H groups in total. The predicted octanol–water partition coefficient (Wildman–Crippen LogP) is 8.93. The highest BCUT2D eigenvalue weighted by Gasteiger charge is 2.54. The molecule has 0 aromatic heterocycles. The highest BCUT2D eigenvalue weighted by molar-refractivity contribution is 6.99. The molecule has 2 aromatic carbocycles. The minimum atomic E-state index is -2.80. The van der Waals surface area contributed by atoms with E-state index in [1.54, 1.807) is 0 Å². The van der Waals surface area contributed by atoms with Crippen LogP contribution in [0.25, 0.3) is 0 Å². The molecule has 4 atom stereocenters. The van der Waals surface area contributed by atoms with Gasteiger partial charge in [0, 0.05) is 18.4 Å². The van der Waals surface area contributed by atoms with Gasteiger partial charge < -0.3 is 18.0 Å². The van der Waals surface area contributed by atoms with E-state index >= 15 is 0 Å². The highest BCUT2D eigenvalue weighted by Crippen LogP contribution is 2.45. The quantitative estimate of drug-likeness (QED) is 0.116. The molecule has 1 aliphatic rings. The van der Waals surface area contributed by atoms with Gasteiger partial charge in [-0.2, -0.15) is 0 Å². The molecule has 1 saturated carbocycles. The molecule has 2 aromatic rings. The Kier molecular flexibility index (Phi) is 14.5. The molecule has 0 spiro atoms. The molecule has 1 fully saturated rings. The Morgan fingerprint density at radius 3 is 1.46 bits per heavy atom. The minimum absolute atomic E-state index is 0.00794. The van der Waals surface area contributed by atoms with Gasteiger partial charge in [-0.25, -0.2) is 0 Å². The lowest BCUT2D eigenvalue weighted by Crippen LogP contribution is -2.67. The first-order valence-electron chi connectivity index (χ1n) is 18.2. The van der Waals surface area contributed by atoms with Crippen molar-refractivity contribution in [1.29, 1.82) is 0 Å². The monoisotopic (exact) mass is 684 g/mol. The Morgan fingerprint density at radius 1 is 0.674 bits per heavy atom. The third-order valence-electron chi connectivity index (χ3n) is 11.3. The Balaban J connectivity index is 2.18. The van der Waals surface area contributed by atoms with Crippen molar-refractivity contribution >= 4 is 41.3 Å². The van der Waals surface area contributed by atoms with Crippen LogP contribution in [0.15, 0.2) is 60.7 Å². The van der Waals surface area contributed by atoms with Crippen molar-refractivity contribution < 1.29 is 22.8 Å². The summed E-state index contributed by atoms with van der Waals surface area (Å²) >= 11 is 0. The van der Waals surface area contributed by atoms with Crippen LogP contribution < -0.4 is 10.4 Å². The predicted molar refractivity (Wildman–Crippen MR) is 201 cm³/mol. The molecule has 8 heteroatoms.